The van der Waals surface area contributed by atoms with Crippen LogP contribution < -0.4 is 4.72 Å². The topological polar surface area (TPSA) is 127 Å². The van der Waals surface area contributed by atoms with Crippen molar-refractivity contribution in [2.24, 2.45) is 0 Å². The smallest absolute Gasteiger partial charge is 0.232 e. The van der Waals surface area contributed by atoms with E-state index in [-0.39, 0.29) is 11.3 Å². The van der Waals surface area contributed by atoms with E-state index < -0.39 is 38.7 Å². The predicted octanol–water partition coefficient (Wildman–Crippen LogP) is 4.65. The molecular weight excluding hydrogens is 516 g/mol. The van der Waals surface area contributed by atoms with Gasteiger partial charge in [0.1, 0.15) is 17.3 Å². The van der Waals surface area contributed by atoms with E-state index >= 15 is 4.39 Å². The van der Waals surface area contributed by atoms with Crippen LogP contribution in [0.5, 0.6) is 0 Å². The van der Waals surface area contributed by atoms with Gasteiger partial charge in [0.2, 0.25) is 15.8 Å². The third-order valence-electron chi connectivity index (χ3n) is 5.87. The molecule has 4 rings (SSSR count). The first-order valence-corrected chi connectivity index (χ1v) is 13.7. The Kier molecular flexibility index (Phi) is 8.42. The molecule has 0 spiro atoms. The fourth-order valence-corrected chi connectivity index (χ4v) is 5.11. The molecule has 9 nitrogen and oxygen atoms in total. The molecule has 0 bridgehead atoms. The average Bonchev–Trinajstić information content (AvgIpc) is 3.32. The van der Waals surface area contributed by atoms with Gasteiger partial charge in [0.25, 0.3) is 0 Å². The van der Waals surface area contributed by atoms with Gasteiger partial charge in [-0.15, -0.1) is 0 Å². The van der Waals surface area contributed by atoms with E-state index in [0.717, 1.165) is 25.0 Å². The van der Waals surface area contributed by atoms with Crippen LogP contribution in [-0.2, 0) is 21.2 Å². The van der Waals surface area contributed by atoms with E-state index in [1.54, 1.807) is 38.7 Å². The van der Waals surface area contributed by atoms with Crippen molar-refractivity contribution in [1.29, 1.82) is 0 Å². The summed E-state index contributed by atoms with van der Waals surface area (Å²) >= 11 is 0. The number of benzene rings is 1. The Labute approximate surface area is 218 Å². The van der Waals surface area contributed by atoms with Crippen molar-refractivity contribution >= 4 is 32.5 Å². The summed E-state index contributed by atoms with van der Waals surface area (Å²) in [5.74, 6) is -2.91. The number of aromatic nitrogens is 4. The van der Waals surface area contributed by atoms with Crippen LogP contribution in [0.3, 0.4) is 0 Å². The SMILES string of the molecule is CCCS(=O)(=O)Nc1ccc(F)c(C(=O)c2c[nH]c3ncc(-c4cnc(CCCCOC)nc4)cc23)c1F. The Morgan fingerprint density at radius 3 is 2.53 bits per heavy atom. The van der Waals surface area contributed by atoms with Gasteiger partial charge in [-0.25, -0.2) is 32.2 Å². The van der Waals surface area contributed by atoms with Crippen molar-refractivity contribution in [2.45, 2.75) is 32.6 Å². The van der Waals surface area contributed by atoms with E-state index in [1.165, 1.54) is 6.20 Å². The first-order chi connectivity index (χ1) is 18.2. The van der Waals surface area contributed by atoms with Crippen LogP contribution in [0.1, 0.15) is 47.9 Å². The highest BCUT2D eigenvalue weighted by molar-refractivity contribution is 7.92. The minimum atomic E-state index is -3.86. The second kappa shape index (κ2) is 11.7. The second-order valence-electron chi connectivity index (χ2n) is 8.69. The number of carbonyl (C=O) groups excluding carboxylic acids is 1. The molecule has 0 saturated carbocycles. The Morgan fingerprint density at radius 2 is 1.82 bits per heavy atom. The number of H-pyrrole nitrogens is 1. The highest BCUT2D eigenvalue weighted by Crippen LogP contribution is 2.29. The van der Waals surface area contributed by atoms with Gasteiger partial charge in [-0.2, -0.15) is 0 Å². The van der Waals surface area contributed by atoms with Crippen LogP contribution >= 0.6 is 0 Å². The summed E-state index contributed by atoms with van der Waals surface area (Å²) in [7, 11) is -2.20. The largest absolute Gasteiger partial charge is 0.385 e. The number of fused-ring (bicyclic) bond motifs is 1. The lowest BCUT2D eigenvalue weighted by atomic mass is 10.0. The number of pyridine rings is 1. The summed E-state index contributed by atoms with van der Waals surface area (Å²) in [6, 6.07) is 3.46. The number of halogens is 2. The number of hydrogen-bond acceptors (Lipinski definition) is 7. The molecule has 3 heterocycles. The Hall–Kier alpha value is -3.77. The standard InChI is InChI=1S/C26H27F2N5O4S/c1-3-10-38(35,36)33-21-8-7-20(27)23(24(21)28)25(34)19-15-32-26-18(19)11-16(12-31-26)17-13-29-22(30-14-17)6-4-5-9-37-2/h7-8,11-15,33H,3-6,9-10H2,1-2H3,(H,31,32). The normalized spacial score (nSPS) is 11.7. The first kappa shape index (κ1) is 27.3. The van der Waals surface area contributed by atoms with E-state index in [9.17, 15) is 17.6 Å². The van der Waals surface area contributed by atoms with Crippen LogP contribution in [0.4, 0.5) is 14.5 Å². The van der Waals surface area contributed by atoms with Crippen LogP contribution in [0.2, 0.25) is 0 Å². The Morgan fingerprint density at radius 1 is 1.08 bits per heavy atom. The third-order valence-corrected chi connectivity index (χ3v) is 7.35. The molecule has 0 unspecified atom stereocenters. The molecule has 0 atom stereocenters. The highest BCUT2D eigenvalue weighted by atomic mass is 32.2. The zero-order valence-electron chi connectivity index (χ0n) is 20.9. The molecule has 4 aromatic rings. The lowest BCUT2D eigenvalue weighted by Gasteiger charge is -2.11. The summed E-state index contributed by atoms with van der Waals surface area (Å²) < 4.78 is 61.2. The van der Waals surface area contributed by atoms with Gasteiger partial charge in [-0.05, 0) is 37.5 Å². The summed E-state index contributed by atoms with van der Waals surface area (Å²) in [5.41, 5.74) is 0.226. The number of carbonyl (C=O) groups is 1. The number of ketones is 1. The van der Waals surface area contributed by atoms with Crippen molar-refractivity contribution in [2.75, 3.05) is 24.2 Å². The summed E-state index contributed by atoms with van der Waals surface area (Å²) in [4.78, 5) is 29.3. The lowest BCUT2D eigenvalue weighted by Crippen LogP contribution is -2.18. The zero-order chi connectivity index (χ0) is 27.3. The van der Waals surface area contributed by atoms with Crippen molar-refractivity contribution < 1.29 is 26.7 Å². The summed E-state index contributed by atoms with van der Waals surface area (Å²) in [5, 5.41) is 0.340. The van der Waals surface area contributed by atoms with Gasteiger partial charge in [-0.3, -0.25) is 9.52 Å². The molecule has 0 aliphatic carbocycles. The number of hydrogen-bond donors (Lipinski definition) is 2. The molecule has 200 valence electrons. The van der Waals surface area contributed by atoms with Crippen LogP contribution in [0, 0.1) is 11.6 Å². The van der Waals surface area contributed by atoms with Crippen molar-refractivity contribution in [3.63, 3.8) is 0 Å². The molecule has 0 radical (unpaired) electrons. The molecule has 38 heavy (non-hydrogen) atoms. The summed E-state index contributed by atoms with van der Waals surface area (Å²) in [6.45, 7) is 2.33. The minimum Gasteiger partial charge on any atom is -0.385 e. The van der Waals surface area contributed by atoms with Gasteiger partial charge in [0.15, 0.2) is 5.82 Å². The second-order valence-corrected chi connectivity index (χ2v) is 10.5. The molecule has 0 saturated heterocycles. The van der Waals surface area contributed by atoms with Crippen LogP contribution in [-0.4, -0.2) is 53.6 Å². The minimum absolute atomic E-state index is 0.0172. The van der Waals surface area contributed by atoms with Gasteiger partial charge >= 0.3 is 0 Å². The number of rotatable bonds is 12. The highest BCUT2D eigenvalue weighted by Gasteiger charge is 2.26. The van der Waals surface area contributed by atoms with Crippen LogP contribution in [0.15, 0.2) is 43.0 Å². The summed E-state index contributed by atoms with van der Waals surface area (Å²) in [6.07, 6.45) is 9.01. The molecule has 2 N–H and O–H groups in total. The Bertz CT molecular complexity index is 1560. The fourth-order valence-electron chi connectivity index (χ4n) is 3.97. The lowest BCUT2D eigenvalue weighted by molar-refractivity contribution is 0.103. The number of sulfonamides is 1. The monoisotopic (exact) mass is 543 g/mol. The molecule has 0 amide bonds. The van der Waals surface area contributed by atoms with Gasteiger partial charge in [-0.1, -0.05) is 6.92 Å². The molecule has 1 aromatic carbocycles. The van der Waals surface area contributed by atoms with Crippen molar-refractivity contribution in [3.8, 4) is 11.1 Å². The molecule has 0 aliphatic rings. The van der Waals surface area contributed by atoms with E-state index in [2.05, 4.69) is 24.7 Å². The number of aromatic amines is 1. The molecule has 0 aliphatic heterocycles. The number of ether oxygens (including phenoxy) is 1. The van der Waals surface area contributed by atoms with Gasteiger partial charge in [0, 0.05) is 67.0 Å². The van der Waals surface area contributed by atoms with E-state index in [1.807, 2.05) is 0 Å². The quantitative estimate of drug-likeness (QED) is 0.197. The molecule has 0 fully saturated rings. The fraction of sp³-hybridized carbons (Fsp3) is 0.308. The predicted molar refractivity (Wildman–Crippen MR) is 139 cm³/mol. The zero-order valence-corrected chi connectivity index (χ0v) is 21.7. The number of methoxy groups -OCH3 is 1. The number of unbranched alkanes of at least 4 members (excludes halogenated alkanes) is 1. The number of aryl methyl sites for hydroxylation is 1. The third kappa shape index (κ3) is 6.03. The van der Waals surface area contributed by atoms with Crippen molar-refractivity contribution in [3.05, 3.63) is 71.6 Å². The maximum Gasteiger partial charge on any atom is 0.232 e. The maximum absolute atomic E-state index is 15.2. The first-order valence-electron chi connectivity index (χ1n) is 12.0. The average molecular weight is 544 g/mol. The van der Waals surface area contributed by atoms with Gasteiger partial charge < -0.3 is 9.72 Å². The number of nitrogens with one attached hydrogen (secondary N) is 2. The number of nitrogens with zero attached hydrogens (tertiary/aromatic N) is 3. The van der Waals surface area contributed by atoms with E-state index in [0.29, 0.717) is 47.4 Å². The van der Waals surface area contributed by atoms with Gasteiger partial charge in [0.05, 0.1) is 17.0 Å². The molecule has 3 aromatic heterocycles. The maximum atomic E-state index is 15.2. The van der Waals surface area contributed by atoms with Crippen LogP contribution in [0.25, 0.3) is 22.2 Å². The Balaban J connectivity index is 1.64. The molecule has 12 heteroatoms. The number of anilines is 1. The van der Waals surface area contributed by atoms with E-state index in [4.69, 9.17) is 4.74 Å². The van der Waals surface area contributed by atoms with Crippen molar-refractivity contribution in [1.82, 2.24) is 19.9 Å². The molecular formula is C26H27F2N5O4S.